The van der Waals surface area contributed by atoms with Crippen molar-refractivity contribution in [3.63, 3.8) is 0 Å². The molecular weight excluding hydrogens is 414 g/mol. The van der Waals surface area contributed by atoms with Gasteiger partial charge in [0.15, 0.2) is 11.7 Å². The lowest BCUT2D eigenvalue weighted by Gasteiger charge is -2.19. The van der Waals surface area contributed by atoms with Crippen LogP contribution in [0.4, 0.5) is 5.82 Å². The van der Waals surface area contributed by atoms with Gasteiger partial charge in [0.1, 0.15) is 11.6 Å². The third-order valence-corrected chi connectivity index (χ3v) is 4.65. The van der Waals surface area contributed by atoms with E-state index in [1.807, 2.05) is 37.3 Å². The summed E-state index contributed by atoms with van der Waals surface area (Å²) < 4.78 is 6.41. The largest absolute Gasteiger partial charge is 0.484 e. The van der Waals surface area contributed by atoms with Crippen LogP contribution in [0, 0.1) is 6.92 Å². The Hall–Kier alpha value is -1.99. The van der Waals surface area contributed by atoms with Crippen molar-refractivity contribution in [2.75, 3.05) is 11.9 Å². The summed E-state index contributed by atoms with van der Waals surface area (Å²) in [5.74, 6) is 0.864. The van der Waals surface area contributed by atoms with Crippen LogP contribution in [0.1, 0.15) is 32.0 Å². The average molecular weight is 436 g/mol. The fourth-order valence-corrected chi connectivity index (χ4v) is 2.56. The number of ether oxygens (including phenoxy) is 1. The van der Waals surface area contributed by atoms with E-state index in [0.29, 0.717) is 11.6 Å². The average Bonchev–Trinajstić information content (AvgIpc) is 2.56. The van der Waals surface area contributed by atoms with Crippen molar-refractivity contribution < 1.29 is 9.53 Å². The first kappa shape index (κ1) is 20.3. The standard InChI is InChI=1S/C19H22BrN3O2S/c1-12-15(20)9-10-16(21-12)22-18(26)23-17(24)11-25-14-7-5-13(6-8-14)19(2,3)4/h5-10H,11H2,1-4H3,(H2,21,22,23,24,26). The Morgan fingerprint density at radius 1 is 1.19 bits per heavy atom. The van der Waals surface area contributed by atoms with Crippen molar-refractivity contribution in [2.24, 2.45) is 0 Å². The van der Waals surface area contributed by atoms with E-state index in [1.165, 1.54) is 5.56 Å². The van der Waals surface area contributed by atoms with Gasteiger partial charge in [-0.2, -0.15) is 0 Å². The summed E-state index contributed by atoms with van der Waals surface area (Å²) in [6.07, 6.45) is 0. The number of anilines is 1. The molecule has 0 atom stereocenters. The Morgan fingerprint density at radius 3 is 2.42 bits per heavy atom. The van der Waals surface area contributed by atoms with Crippen molar-refractivity contribution in [1.29, 1.82) is 0 Å². The summed E-state index contributed by atoms with van der Waals surface area (Å²) in [6.45, 7) is 8.18. The molecule has 2 aromatic rings. The molecule has 0 aliphatic rings. The number of aryl methyl sites for hydroxylation is 1. The van der Waals surface area contributed by atoms with Gasteiger partial charge in [-0.3, -0.25) is 10.1 Å². The maximum absolute atomic E-state index is 12.0. The Labute approximate surface area is 167 Å². The van der Waals surface area contributed by atoms with Crippen LogP contribution in [0.2, 0.25) is 0 Å². The van der Waals surface area contributed by atoms with Crippen LogP contribution in [0.3, 0.4) is 0 Å². The quantitative estimate of drug-likeness (QED) is 0.699. The molecule has 0 unspecified atom stereocenters. The maximum atomic E-state index is 12.0. The first-order valence-corrected chi connectivity index (χ1v) is 9.32. The molecule has 0 aliphatic carbocycles. The number of thiocarbonyl (C=S) groups is 1. The number of nitrogens with zero attached hydrogens (tertiary/aromatic N) is 1. The zero-order valence-corrected chi connectivity index (χ0v) is 17.6. The second-order valence-electron chi connectivity index (χ2n) is 6.83. The number of rotatable bonds is 4. The molecule has 2 rings (SSSR count). The molecule has 0 spiro atoms. The van der Waals surface area contributed by atoms with Crippen molar-refractivity contribution in [3.8, 4) is 5.75 Å². The smallest absolute Gasteiger partial charge is 0.264 e. The van der Waals surface area contributed by atoms with Crippen LogP contribution in [0.5, 0.6) is 5.75 Å². The van der Waals surface area contributed by atoms with Gasteiger partial charge in [0, 0.05) is 4.47 Å². The highest BCUT2D eigenvalue weighted by Crippen LogP contribution is 2.24. The minimum Gasteiger partial charge on any atom is -0.484 e. The van der Waals surface area contributed by atoms with Gasteiger partial charge in [0.25, 0.3) is 5.91 Å². The Bertz CT molecular complexity index is 801. The number of benzene rings is 1. The number of halogens is 1. The molecule has 0 saturated heterocycles. The summed E-state index contributed by atoms with van der Waals surface area (Å²) >= 11 is 8.51. The highest BCUT2D eigenvalue weighted by Gasteiger charge is 2.13. The molecule has 0 aliphatic heterocycles. The third kappa shape index (κ3) is 6.07. The number of amides is 1. The molecular formula is C19H22BrN3O2S. The van der Waals surface area contributed by atoms with Crippen LogP contribution in [-0.2, 0) is 10.2 Å². The van der Waals surface area contributed by atoms with Crippen LogP contribution >= 0.6 is 28.1 Å². The molecule has 2 N–H and O–H groups in total. The molecule has 1 amide bonds. The van der Waals surface area contributed by atoms with Gasteiger partial charge in [-0.05, 0) is 70.3 Å². The molecule has 0 bridgehead atoms. The highest BCUT2D eigenvalue weighted by molar-refractivity contribution is 9.10. The van der Waals surface area contributed by atoms with E-state index < -0.39 is 0 Å². The minimum atomic E-state index is -0.337. The molecule has 1 aromatic carbocycles. The molecule has 7 heteroatoms. The Balaban J connectivity index is 1.82. The zero-order valence-electron chi connectivity index (χ0n) is 15.2. The first-order valence-electron chi connectivity index (χ1n) is 8.12. The van der Waals surface area contributed by atoms with Crippen molar-refractivity contribution in [2.45, 2.75) is 33.1 Å². The molecule has 1 aromatic heterocycles. The number of pyridine rings is 1. The van der Waals surface area contributed by atoms with Crippen molar-refractivity contribution in [1.82, 2.24) is 10.3 Å². The SMILES string of the molecule is Cc1nc(NC(=S)NC(=O)COc2ccc(C(C)(C)C)cc2)ccc1Br. The third-order valence-electron chi connectivity index (χ3n) is 3.61. The van der Waals surface area contributed by atoms with Crippen LogP contribution in [0.25, 0.3) is 0 Å². The lowest BCUT2D eigenvalue weighted by Crippen LogP contribution is -2.37. The fourth-order valence-electron chi connectivity index (χ4n) is 2.12. The Morgan fingerprint density at radius 2 is 1.85 bits per heavy atom. The van der Waals surface area contributed by atoms with E-state index in [-0.39, 0.29) is 23.0 Å². The van der Waals surface area contributed by atoms with Gasteiger partial charge in [0.2, 0.25) is 0 Å². The summed E-state index contributed by atoms with van der Waals surface area (Å²) in [4.78, 5) is 16.3. The molecule has 5 nitrogen and oxygen atoms in total. The number of hydrogen-bond acceptors (Lipinski definition) is 4. The summed E-state index contributed by atoms with van der Waals surface area (Å²) in [5.41, 5.74) is 2.11. The van der Waals surface area contributed by atoms with Gasteiger partial charge in [-0.25, -0.2) is 4.98 Å². The molecule has 0 radical (unpaired) electrons. The highest BCUT2D eigenvalue weighted by atomic mass is 79.9. The van der Waals surface area contributed by atoms with Gasteiger partial charge in [-0.1, -0.05) is 32.9 Å². The van der Waals surface area contributed by atoms with E-state index in [0.717, 1.165) is 10.2 Å². The number of hydrogen-bond donors (Lipinski definition) is 2. The van der Waals surface area contributed by atoms with Gasteiger partial charge in [0.05, 0.1) is 5.69 Å². The van der Waals surface area contributed by atoms with Gasteiger partial charge < -0.3 is 10.1 Å². The van der Waals surface area contributed by atoms with Gasteiger partial charge >= 0.3 is 0 Å². The summed E-state index contributed by atoms with van der Waals surface area (Å²) in [5, 5.41) is 5.62. The number of carbonyl (C=O) groups excluding carboxylic acids is 1. The molecule has 0 saturated carbocycles. The number of aromatic nitrogens is 1. The Kier molecular flexibility index (Phi) is 6.72. The second kappa shape index (κ2) is 8.60. The van der Waals surface area contributed by atoms with E-state index in [4.69, 9.17) is 17.0 Å². The second-order valence-corrected chi connectivity index (χ2v) is 8.09. The zero-order chi connectivity index (χ0) is 19.3. The molecule has 1 heterocycles. The fraction of sp³-hybridized carbons (Fsp3) is 0.316. The number of carbonyl (C=O) groups is 1. The van der Waals surface area contributed by atoms with E-state index >= 15 is 0 Å². The molecule has 138 valence electrons. The van der Waals surface area contributed by atoms with E-state index in [1.54, 1.807) is 6.07 Å². The van der Waals surface area contributed by atoms with E-state index in [2.05, 4.69) is 52.3 Å². The molecule has 0 fully saturated rings. The van der Waals surface area contributed by atoms with Crippen LogP contribution in [0.15, 0.2) is 40.9 Å². The normalized spacial score (nSPS) is 11.0. The lowest BCUT2D eigenvalue weighted by molar-refractivity contribution is -0.121. The summed E-state index contributed by atoms with van der Waals surface area (Å²) in [7, 11) is 0. The van der Waals surface area contributed by atoms with Crippen molar-refractivity contribution in [3.05, 3.63) is 52.1 Å². The molecule has 26 heavy (non-hydrogen) atoms. The predicted octanol–water partition coefficient (Wildman–Crippen LogP) is 4.34. The van der Waals surface area contributed by atoms with Crippen LogP contribution < -0.4 is 15.4 Å². The first-order chi connectivity index (χ1) is 12.1. The minimum absolute atomic E-state index is 0.0766. The monoisotopic (exact) mass is 435 g/mol. The van der Waals surface area contributed by atoms with Gasteiger partial charge in [-0.15, -0.1) is 0 Å². The van der Waals surface area contributed by atoms with Crippen LogP contribution in [-0.4, -0.2) is 22.6 Å². The lowest BCUT2D eigenvalue weighted by atomic mass is 9.87. The summed E-state index contributed by atoms with van der Waals surface area (Å²) in [6, 6.07) is 11.3. The topological polar surface area (TPSA) is 63.2 Å². The predicted molar refractivity (Wildman–Crippen MR) is 112 cm³/mol. The van der Waals surface area contributed by atoms with Crippen molar-refractivity contribution >= 4 is 45.0 Å². The van der Waals surface area contributed by atoms with E-state index in [9.17, 15) is 4.79 Å². The number of nitrogens with one attached hydrogen (secondary N) is 2. The maximum Gasteiger partial charge on any atom is 0.264 e.